The van der Waals surface area contributed by atoms with Crippen molar-refractivity contribution in [1.29, 1.82) is 0 Å². The molecule has 18 heavy (non-hydrogen) atoms. The highest BCUT2D eigenvalue weighted by atomic mass is 35.5. The summed E-state index contributed by atoms with van der Waals surface area (Å²) in [6, 6.07) is 3.04. The number of pyridine rings is 1. The number of primary amides is 1. The fourth-order valence-corrected chi connectivity index (χ4v) is 2.27. The zero-order chi connectivity index (χ0) is 13.1. The third-order valence-electron chi connectivity index (χ3n) is 2.83. The number of ether oxygens (including phenoxy) is 1. The summed E-state index contributed by atoms with van der Waals surface area (Å²) in [5.41, 5.74) is 6.16. The molecule has 0 saturated carbocycles. The molecule has 1 amide bonds. The highest BCUT2D eigenvalue weighted by Gasteiger charge is 2.28. The second-order valence-electron chi connectivity index (χ2n) is 4.05. The number of halogens is 2. The standard InChI is InChI=1S/C11H13Cl2N3O2/c12-9-2-1-7(10(13)15-9)5-16-3-4-18-6-8(16)11(14)17/h1-2,8H,3-6H2,(H2,14,17). The zero-order valence-electron chi connectivity index (χ0n) is 9.60. The van der Waals surface area contributed by atoms with E-state index in [1.165, 1.54) is 0 Å². The van der Waals surface area contributed by atoms with Gasteiger partial charge in [0.1, 0.15) is 16.3 Å². The molecule has 1 unspecified atom stereocenters. The van der Waals surface area contributed by atoms with Crippen LogP contribution < -0.4 is 5.73 Å². The molecular formula is C11H13Cl2N3O2. The minimum atomic E-state index is -0.425. The molecule has 0 aromatic carbocycles. The maximum absolute atomic E-state index is 11.3. The van der Waals surface area contributed by atoms with Crippen LogP contribution in [0.15, 0.2) is 12.1 Å². The second-order valence-corrected chi connectivity index (χ2v) is 4.79. The number of nitrogens with two attached hydrogens (primary N) is 1. The molecule has 2 rings (SSSR count). The van der Waals surface area contributed by atoms with E-state index in [4.69, 9.17) is 33.7 Å². The summed E-state index contributed by atoms with van der Waals surface area (Å²) in [7, 11) is 0. The lowest BCUT2D eigenvalue weighted by molar-refractivity contribution is -0.129. The maximum Gasteiger partial charge on any atom is 0.237 e. The molecule has 1 aromatic rings. The van der Waals surface area contributed by atoms with Gasteiger partial charge in [-0.15, -0.1) is 0 Å². The first-order chi connectivity index (χ1) is 8.58. The molecule has 5 nitrogen and oxygen atoms in total. The van der Waals surface area contributed by atoms with E-state index in [2.05, 4.69) is 4.98 Å². The number of carbonyl (C=O) groups excluding carboxylic acids is 1. The lowest BCUT2D eigenvalue weighted by Gasteiger charge is -2.33. The zero-order valence-corrected chi connectivity index (χ0v) is 11.1. The molecule has 0 radical (unpaired) electrons. The number of carbonyl (C=O) groups is 1. The van der Waals surface area contributed by atoms with Crippen LogP contribution in [-0.2, 0) is 16.1 Å². The first kappa shape index (κ1) is 13.5. The lowest BCUT2D eigenvalue weighted by Crippen LogP contribution is -2.51. The summed E-state index contributed by atoms with van der Waals surface area (Å²) in [4.78, 5) is 17.2. The van der Waals surface area contributed by atoms with Gasteiger partial charge in [0, 0.05) is 18.7 Å². The predicted octanol–water partition coefficient (Wildman–Crippen LogP) is 1.07. The fourth-order valence-electron chi connectivity index (χ4n) is 1.87. The highest BCUT2D eigenvalue weighted by Crippen LogP contribution is 2.20. The molecule has 1 atom stereocenters. The Kier molecular flexibility index (Phi) is 4.40. The summed E-state index contributed by atoms with van der Waals surface area (Å²) < 4.78 is 5.25. The Morgan fingerprint density at radius 2 is 2.33 bits per heavy atom. The molecule has 7 heteroatoms. The van der Waals surface area contributed by atoms with Crippen LogP contribution in [0.1, 0.15) is 5.56 Å². The number of aromatic nitrogens is 1. The number of rotatable bonds is 3. The van der Waals surface area contributed by atoms with E-state index in [9.17, 15) is 4.79 Å². The summed E-state index contributed by atoms with van der Waals surface area (Å²) >= 11 is 11.7. The topological polar surface area (TPSA) is 68.5 Å². The third kappa shape index (κ3) is 3.11. The number of nitrogens with zero attached hydrogens (tertiary/aromatic N) is 2. The smallest absolute Gasteiger partial charge is 0.237 e. The largest absolute Gasteiger partial charge is 0.378 e. The molecule has 1 saturated heterocycles. The predicted molar refractivity (Wildman–Crippen MR) is 68.5 cm³/mol. The Morgan fingerprint density at radius 3 is 3.00 bits per heavy atom. The van der Waals surface area contributed by atoms with Crippen LogP contribution >= 0.6 is 23.2 Å². The van der Waals surface area contributed by atoms with Crippen molar-refractivity contribution >= 4 is 29.1 Å². The van der Waals surface area contributed by atoms with Crippen LogP contribution in [0, 0.1) is 0 Å². The normalized spacial score (nSPS) is 20.9. The monoisotopic (exact) mass is 289 g/mol. The average molecular weight is 290 g/mol. The van der Waals surface area contributed by atoms with Crippen LogP contribution in [0.2, 0.25) is 10.3 Å². The van der Waals surface area contributed by atoms with Crippen molar-refractivity contribution in [3.63, 3.8) is 0 Å². The Balaban J connectivity index is 2.13. The van der Waals surface area contributed by atoms with Gasteiger partial charge in [-0.25, -0.2) is 4.98 Å². The molecule has 2 heterocycles. The van der Waals surface area contributed by atoms with Crippen LogP contribution in [0.5, 0.6) is 0 Å². The molecule has 2 N–H and O–H groups in total. The maximum atomic E-state index is 11.3. The van der Waals surface area contributed by atoms with Crippen LogP contribution in [0.25, 0.3) is 0 Å². The summed E-state index contributed by atoms with van der Waals surface area (Å²) in [5.74, 6) is -0.396. The van der Waals surface area contributed by atoms with E-state index in [1.54, 1.807) is 12.1 Å². The van der Waals surface area contributed by atoms with Crippen molar-refractivity contribution in [2.75, 3.05) is 19.8 Å². The first-order valence-corrected chi connectivity index (χ1v) is 6.25. The molecule has 1 aliphatic heterocycles. The molecule has 0 spiro atoms. The summed E-state index contributed by atoms with van der Waals surface area (Å²) in [6.45, 7) is 2.02. The van der Waals surface area contributed by atoms with Gasteiger partial charge in [-0.05, 0) is 6.07 Å². The molecule has 1 aromatic heterocycles. The number of hydrogen-bond acceptors (Lipinski definition) is 4. The quantitative estimate of drug-likeness (QED) is 0.846. The Hall–Kier alpha value is -0.880. The molecule has 0 bridgehead atoms. The molecular weight excluding hydrogens is 277 g/mol. The van der Waals surface area contributed by atoms with Gasteiger partial charge in [0.2, 0.25) is 5.91 Å². The molecule has 1 fully saturated rings. The summed E-state index contributed by atoms with van der Waals surface area (Å²) in [5, 5.41) is 0.689. The van der Waals surface area contributed by atoms with Crippen molar-refractivity contribution in [1.82, 2.24) is 9.88 Å². The van der Waals surface area contributed by atoms with Crippen LogP contribution in [-0.4, -0.2) is 41.6 Å². The van der Waals surface area contributed by atoms with Crippen molar-refractivity contribution in [2.24, 2.45) is 5.73 Å². The van der Waals surface area contributed by atoms with Crippen molar-refractivity contribution < 1.29 is 9.53 Å². The number of hydrogen-bond donors (Lipinski definition) is 1. The van der Waals surface area contributed by atoms with Crippen molar-refractivity contribution in [2.45, 2.75) is 12.6 Å². The molecule has 0 aliphatic carbocycles. The van der Waals surface area contributed by atoms with E-state index in [0.29, 0.717) is 36.6 Å². The molecule has 1 aliphatic rings. The van der Waals surface area contributed by atoms with Gasteiger partial charge < -0.3 is 10.5 Å². The SMILES string of the molecule is NC(=O)C1COCCN1Cc1ccc(Cl)nc1Cl. The lowest BCUT2D eigenvalue weighted by atomic mass is 10.2. The first-order valence-electron chi connectivity index (χ1n) is 5.50. The van der Waals surface area contributed by atoms with Crippen molar-refractivity contribution in [3.8, 4) is 0 Å². The Morgan fingerprint density at radius 1 is 1.56 bits per heavy atom. The van der Waals surface area contributed by atoms with E-state index in [-0.39, 0.29) is 0 Å². The molecule has 98 valence electrons. The highest BCUT2D eigenvalue weighted by molar-refractivity contribution is 6.32. The second kappa shape index (κ2) is 5.84. The minimum absolute atomic E-state index is 0.313. The third-order valence-corrected chi connectivity index (χ3v) is 3.37. The van der Waals surface area contributed by atoms with E-state index < -0.39 is 11.9 Å². The van der Waals surface area contributed by atoms with Crippen LogP contribution in [0.4, 0.5) is 0 Å². The Labute approximate surface area is 115 Å². The van der Waals surface area contributed by atoms with Gasteiger partial charge in [0.05, 0.1) is 13.2 Å². The van der Waals surface area contributed by atoms with Gasteiger partial charge in [-0.2, -0.15) is 0 Å². The van der Waals surface area contributed by atoms with Gasteiger partial charge in [0.25, 0.3) is 0 Å². The summed E-state index contributed by atoms with van der Waals surface area (Å²) in [6.07, 6.45) is 0. The Bertz CT molecular complexity index is 456. The minimum Gasteiger partial charge on any atom is -0.378 e. The van der Waals surface area contributed by atoms with Gasteiger partial charge >= 0.3 is 0 Å². The number of amides is 1. The average Bonchev–Trinajstić information content (AvgIpc) is 2.33. The van der Waals surface area contributed by atoms with Crippen LogP contribution in [0.3, 0.4) is 0 Å². The fraction of sp³-hybridized carbons (Fsp3) is 0.455. The number of morpholine rings is 1. The van der Waals surface area contributed by atoms with E-state index >= 15 is 0 Å². The van der Waals surface area contributed by atoms with Gasteiger partial charge in [-0.1, -0.05) is 29.3 Å². The van der Waals surface area contributed by atoms with Crippen molar-refractivity contribution in [3.05, 3.63) is 28.0 Å². The van der Waals surface area contributed by atoms with E-state index in [0.717, 1.165) is 5.56 Å². The van der Waals surface area contributed by atoms with Gasteiger partial charge in [-0.3, -0.25) is 9.69 Å². The van der Waals surface area contributed by atoms with Gasteiger partial charge in [0.15, 0.2) is 0 Å². The van der Waals surface area contributed by atoms with E-state index in [1.807, 2.05) is 4.90 Å².